The summed E-state index contributed by atoms with van der Waals surface area (Å²) in [7, 11) is 0. The van der Waals surface area contributed by atoms with Crippen molar-refractivity contribution in [3.05, 3.63) is 54.4 Å². The molecule has 2 saturated heterocycles. The lowest BCUT2D eigenvalue weighted by molar-refractivity contribution is -0.181. The fraction of sp³-hybridized carbons (Fsp3) is 0.350. The molecule has 3 aromatic rings. The zero-order valence-corrected chi connectivity index (χ0v) is 14.9. The molecule has 2 aliphatic rings. The summed E-state index contributed by atoms with van der Waals surface area (Å²) < 4.78 is 13.2. The van der Waals surface area contributed by atoms with Crippen LogP contribution in [0.1, 0.15) is 23.2 Å². The zero-order valence-electron chi connectivity index (χ0n) is 14.9. The molecule has 2 aliphatic heterocycles. The Balaban J connectivity index is 1.43. The summed E-state index contributed by atoms with van der Waals surface area (Å²) in [6.45, 7) is 2.48. The molecule has 7 heteroatoms. The van der Waals surface area contributed by atoms with Gasteiger partial charge in [-0.05, 0) is 6.07 Å². The van der Waals surface area contributed by atoms with Gasteiger partial charge in [-0.25, -0.2) is 9.50 Å². The van der Waals surface area contributed by atoms with Gasteiger partial charge >= 0.3 is 0 Å². The molecule has 138 valence electrons. The van der Waals surface area contributed by atoms with Crippen LogP contribution in [0.3, 0.4) is 0 Å². The first kappa shape index (κ1) is 16.4. The molecule has 1 aromatic carbocycles. The number of fused-ring (bicyclic) bond motifs is 1. The summed E-state index contributed by atoms with van der Waals surface area (Å²) in [5, 5.41) is 4.44. The molecular formula is C20H20N4O3. The molecule has 0 bridgehead atoms. The summed E-state index contributed by atoms with van der Waals surface area (Å²) in [6, 6.07) is 11.9. The van der Waals surface area contributed by atoms with Gasteiger partial charge in [-0.3, -0.25) is 4.79 Å². The van der Waals surface area contributed by atoms with Gasteiger partial charge in [-0.1, -0.05) is 30.3 Å². The number of rotatable bonds is 2. The van der Waals surface area contributed by atoms with Crippen LogP contribution in [0.2, 0.25) is 0 Å². The number of benzene rings is 1. The van der Waals surface area contributed by atoms with Gasteiger partial charge in [-0.15, -0.1) is 0 Å². The summed E-state index contributed by atoms with van der Waals surface area (Å²) in [4.78, 5) is 19.3. The topological polar surface area (TPSA) is 69.0 Å². The van der Waals surface area contributed by atoms with E-state index in [1.165, 1.54) is 0 Å². The Morgan fingerprint density at radius 3 is 2.52 bits per heavy atom. The Morgan fingerprint density at radius 1 is 1.04 bits per heavy atom. The minimum Gasteiger partial charge on any atom is -0.347 e. The maximum absolute atomic E-state index is 13.1. The van der Waals surface area contributed by atoms with E-state index in [2.05, 4.69) is 10.1 Å². The monoisotopic (exact) mass is 364 g/mol. The van der Waals surface area contributed by atoms with E-state index in [1.54, 1.807) is 16.9 Å². The molecule has 5 rings (SSSR count). The van der Waals surface area contributed by atoms with Gasteiger partial charge in [0.15, 0.2) is 11.4 Å². The molecule has 4 heterocycles. The number of likely N-dealkylation sites (tertiary alicyclic amines) is 1. The van der Waals surface area contributed by atoms with E-state index in [0.717, 1.165) is 11.3 Å². The highest BCUT2D eigenvalue weighted by molar-refractivity contribution is 6.00. The van der Waals surface area contributed by atoms with E-state index in [4.69, 9.17) is 9.47 Å². The molecule has 1 amide bonds. The number of carbonyl (C=O) groups is 1. The largest absolute Gasteiger partial charge is 0.347 e. The summed E-state index contributed by atoms with van der Waals surface area (Å²) in [5.74, 6) is -0.535. The van der Waals surface area contributed by atoms with E-state index < -0.39 is 5.79 Å². The van der Waals surface area contributed by atoms with Gasteiger partial charge in [-0.2, -0.15) is 5.10 Å². The van der Waals surface area contributed by atoms with Crippen LogP contribution in [0.4, 0.5) is 0 Å². The van der Waals surface area contributed by atoms with Crippen LogP contribution in [-0.2, 0) is 9.47 Å². The van der Waals surface area contributed by atoms with Gasteiger partial charge in [0.1, 0.15) is 5.56 Å². The van der Waals surface area contributed by atoms with Crippen molar-refractivity contribution in [3.8, 4) is 11.3 Å². The zero-order chi connectivity index (χ0) is 18.3. The predicted octanol–water partition coefficient (Wildman–Crippen LogP) is 2.38. The van der Waals surface area contributed by atoms with Gasteiger partial charge < -0.3 is 14.4 Å². The number of hydrogen-bond acceptors (Lipinski definition) is 5. The molecule has 27 heavy (non-hydrogen) atoms. The van der Waals surface area contributed by atoms with Crippen molar-refractivity contribution in [3.63, 3.8) is 0 Å². The Hall–Kier alpha value is -2.77. The van der Waals surface area contributed by atoms with Gasteiger partial charge in [0.2, 0.25) is 0 Å². The van der Waals surface area contributed by atoms with Crippen LogP contribution in [0.5, 0.6) is 0 Å². The third kappa shape index (κ3) is 2.79. The minimum atomic E-state index is -0.489. The van der Waals surface area contributed by atoms with Crippen LogP contribution >= 0.6 is 0 Å². The molecule has 0 N–H and O–H groups in total. The molecule has 0 saturated carbocycles. The molecule has 2 fully saturated rings. The predicted molar refractivity (Wildman–Crippen MR) is 98.2 cm³/mol. The smallest absolute Gasteiger partial charge is 0.259 e. The summed E-state index contributed by atoms with van der Waals surface area (Å²) >= 11 is 0. The average molecular weight is 364 g/mol. The highest BCUT2D eigenvalue weighted by Crippen LogP contribution is 2.32. The van der Waals surface area contributed by atoms with E-state index in [-0.39, 0.29) is 5.91 Å². The lowest BCUT2D eigenvalue weighted by Crippen LogP contribution is -2.47. The molecule has 2 aromatic heterocycles. The van der Waals surface area contributed by atoms with E-state index >= 15 is 0 Å². The molecular weight excluding hydrogens is 344 g/mol. The molecule has 1 spiro atoms. The van der Waals surface area contributed by atoms with Crippen molar-refractivity contribution < 1.29 is 14.3 Å². The standard InChI is InChI=1S/C20H20N4O3/c25-19(23-10-7-20(8-11-23)26-12-13-27-20)16-14-22-24-17(6-9-21-18(16)24)15-4-2-1-3-5-15/h1-6,9,14H,7-8,10-13H2. The third-order valence-corrected chi connectivity index (χ3v) is 5.33. The quantitative estimate of drug-likeness (QED) is 0.698. The van der Waals surface area contributed by atoms with Crippen molar-refractivity contribution in [1.82, 2.24) is 19.5 Å². The lowest BCUT2D eigenvalue weighted by Gasteiger charge is -2.37. The number of nitrogens with zero attached hydrogens (tertiary/aromatic N) is 4. The van der Waals surface area contributed by atoms with E-state index in [9.17, 15) is 4.79 Å². The molecule has 0 unspecified atom stereocenters. The first-order valence-electron chi connectivity index (χ1n) is 9.21. The second-order valence-corrected chi connectivity index (χ2v) is 6.89. The number of aromatic nitrogens is 3. The summed E-state index contributed by atoms with van der Waals surface area (Å²) in [6.07, 6.45) is 4.73. The number of amides is 1. The highest BCUT2D eigenvalue weighted by Gasteiger charge is 2.41. The second kappa shape index (κ2) is 6.44. The highest BCUT2D eigenvalue weighted by atomic mass is 16.7. The SMILES string of the molecule is O=C(c1cnn2c(-c3ccccc3)ccnc12)N1CCC2(CC1)OCCO2. The first-order valence-corrected chi connectivity index (χ1v) is 9.21. The Bertz CT molecular complexity index is 969. The van der Waals surface area contributed by atoms with Crippen LogP contribution in [0.25, 0.3) is 16.9 Å². The second-order valence-electron chi connectivity index (χ2n) is 6.89. The Kier molecular flexibility index (Phi) is 3.91. The van der Waals surface area contributed by atoms with Crippen molar-refractivity contribution >= 4 is 11.6 Å². The van der Waals surface area contributed by atoms with E-state index in [0.29, 0.717) is 50.4 Å². The maximum atomic E-state index is 13.1. The molecule has 0 radical (unpaired) electrons. The number of piperidine rings is 1. The van der Waals surface area contributed by atoms with Crippen molar-refractivity contribution in [2.45, 2.75) is 18.6 Å². The Morgan fingerprint density at radius 2 is 1.78 bits per heavy atom. The van der Waals surface area contributed by atoms with Crippen LogP contribution in [-0.4, -0.2) is 57.5 Å². The number of ether oxygens (including phenoxy) is 2. The lowest BCUT2D eigenvalue weighted by atomic mass is 10.0. The van der Waals surface area contributed by atoms with Gasteiger partial charge in [0.05, 0.1) is 25.1 Å². The fourth-order valence-electron chi connectivity index (χ4n) is 3.88. The van der Waals surface area contributed by atoms with Crippen LogP contribution in [0.15, 0.2) is 48.8 Å². The molecule has 7 nitrogen and oxygen atoms in total. The molecule has 0 aliphatic carbocycles. The van der Waals surface area contributed by atoms with Crippen LogP contribution in [0, 0.1) is 0 Å². The van der Waals surface area contributed by atoms with Crippen LogP contribution < -0.4 is 0 Å². The van der Waals surface area contributed by atoms with Gasteiger partial charge in [0, 0.05) is 37.7 Å². The average Bonchev–Trinajstić information content (AvgIpc) is 3.36. The first-order chi connectivity index (χ1) is 13.3. The van der Waals surface area contributed by atoms with Crippen molar-refractivity contribution in [2.24, 2.45) is 0 Å². The minimum absolute atomic E-state index is 0.0458. The fourth-order valence-corrected chi connectivity index (χ4v) is 3.88. The maximum Gasteiger partial charge on any atom is 0.259 e. The number of carbonyl (C=O) groups excluding carboxylic acids is 1. The molecule has 0 atom stereocenters. The number of hydrogen-bond donors (Lipinski definition) is 0. The summed E-state index contributed by atoms with van der Waals surface area (Å²) in [5.41, 5.74) is 3.04. The Labute approximate surface area is 156 Å². The van der Waals surface area contributed by atoms with Crippen molar-refractivity contribution in [1.29, 1.82) is 0 Å². The van der Waals surface area contributed by atoms with E-state index in [1.807, 2.05) is 41.3 Å². The third-order valence-electron chi connectivity index (χ3n) is 5.33. The normalized spacial score (nSPS) is 19.0. The van der Waals surface area contributed by atoms with Crippen molar-refractivity contribution in [2.75, 3.05) is 26.3 Å². The van der Waals surface area contributed by atoms with Gasteiger partial charge in [0.25, 0.3) is 5.91 Å².